The van der Waals surface area contributed by atoms with E-state index >= 15 is 0 Å². The van der Waals surface area contributed by atoms with Gasteiger partial charge in [-0.1, -0.05) is 12.1 Å². The molecular weight excluding hydrogens is 170 g/mol. The fourth-order valence-electron chi connectivity index (χ4n) is 0.962. The monoisotopic (exact) mass is 181 g/mol. The molecule has 0 spiro atoms. The summed E-state index contributed by atoms with van der Waals surface area (Å²) in [5.41, 5.74) is 6.44. The smallest absolute Gasteiger partial charge is 0.325 e. The standard InChI is InChI=1S/C9H11NO3/c1-5-2-3-6(4-7(5)11)8(10)9(12)13/h2-4,8,11H,10H2,1H3,(H,12,13)/t8-/m0/s1. The molecule has 4 nitrogen and oxygen atoms in total. The zero-order chi connectivity index (χ0) is 10.0. The molecule has 0 saturated heterocycles. The molecule has 0 heterocycles. The average Bonchev–Trinajstić information content (AvgIpc) is 2.08. The molecule has 1 rings (SSSR count). The first-order valence-corrected chi connectivity index (χ1v) is 3.80. The molecule has 0 fully saturated rings. The molecule has 0 aliphatic rings. The van der Waals surface area contributed by atoms with Crippen molar-refractivity contribution >= 4 is 5.97 Å². The number of aromatic hydroxyl groups is 1. The van der Waals surface area contributed by atoms with Gasteiger partial charge in [-0.2, -0.15) is 0 Å². The Morgan fingerprint density at radius 3 is 2.62 bits per heavy atom. The molecule has 4 heteroatoms. The van der Waals surface area contributed by atoms with Gasteiger partial charge in [-0.3, -0.25) is 4.79 Å². The minimum atomic E-state index is -1.11. The van der Waals surface area contributed by atoms with Gasteiger partial charge >= 0.3 is 5.97 Å². The van der Waals surface area contributed by atoms with Gasteiger partial charge in [-0.15, -0.1) is 0 Å². The highest BCUT2D eigenvalue weighted by Gasteiger charge is 2.14. The Labute approximate surface area is 75.6 Å². The summed E-state index contributed by atoms with van der Waals surface area (Å²) < 4.78 is 0. The number of carboxylic acid groups (broad SMARTS) is 1. The summed E-state index contributed by atoms with van der Waals surface area (Å²) in [6.45, 7) is 1.73. The van der Waals surface area contributed by atoms with E-state index in [1.165, 1.54) is 6.07 Å². The molecule has 0 radical (unpaired) electrons. The molecule has 0 amide bonds. The summed E-state index contributed by atoms with van der Waals surface area (Å²) in [6.07, 6.45) is 0. The van der Waals surface area contributed by atoms with E-state index in [2.05, 4.69) is 0 Å². The number of carbonyl (C=O) groups is 1. The van der Waals surface area contributed by atoms with Crippen molar-refractivity contribution in [1.82, 2.24) is 0 Å². The van der Waals surface area contributed by atoms with Crippen LogP contribution in [0, 0.1) is 6.92 Å². The number of aryl methyl sites for hydroxylation is 1. The second-order valence-corrected chi connectivity index (χ2v) is 2.86. The number of rotatable bonds is 2. The zero-order valence-corrected chi connectivity index (χ0v) is 7.19. The zero-order valence-electron chi connectivity index (χ0n) is 7.19. The first kappa shape index (κ1) is 9.54. The average molecular weight is 181 g/mol. The van der Waals surface area contributed by atoms with Crippen LogP contribution < -0.4 is 5.73 Å². The lowest BCUT2D eigenvalue weighted by molar-refractivity contribution is -0.138. The summed E-state index contributed by atoms with van der Waals surface area (Å²) in [6, 6.07) is 3.52. The number of carboxylic acids is 1. The predicted octanol–water partition coefficient (Wildman–Crippen LogP) is 0.785. The highest BCUT2D eigenvalue weighted by molar-refractivity contribution is 5.75. The quantitative estimate of drug-likeness (QED) is 0.629. The Bertz CT molecular complexity index is 336. The fraction of sp³-hybridized carbons (Fsp3) is 0.222. The van der Waals surface area contributed by atoms with E-state index in [-0.39, 0.29) is 5.75 Å². The molecule has 4 N–H and O–H groups in total. The van der Waals surface area contributed by atoms with Crippen molar-refractivity contribution in [2.24, 2.45) is 5.73 Å². The second-order valence-electron chi connectivity index (χ2n) is 2.86. The molecular formula is C9H11NO3. The maximum Gasteiger partial charge on any atom is 0.325 e. The second kappa shape index (κ2) is 3.45. The van der Waals surface area contributed by atoms with Crippen molar-refractivity contribution in [3.63, 3.8) is 0 Å². The van der Waals surface area contributed by atoms with E-state index < -0.39 is 12.0 Å². The minimum Gasteiger partial charge on any atom is -0.508 e. The molecule has 0 saturated carbocycles. The van der Waals surface area contributed by atoms with Crippen LogP contribution in [0.15, 0.2) is 18.2 Å². The normalized spacial score (nSPS) is 12.5. The summed E-state index contributed by atoms with van der Waals surface area (Å²) in [5, 5.41) is 17.9. The number of benzene rings is 1. The van der Waals surface area contributed by atoms with Crippen molar-refractivity contribution in [2.75, 3.05) is 0 Å². The van der Waals surface area contributed by atoms with Crippen LogP contribution in [0.2, 0.25) is 0 Å². The lowest BCUT2D eigenvalue weighted by atomic mass is 10.1. The van der Waals surface area contributed by atoms with E-state index in [9.17, 15) is 9.90 Å². The number of hydrogen-bond donors (Lipinski definition) is 3. The molecule has 70 valence electrons. The summed E-state index contributed by atoms with van der Waals surface area (Å²) in [7, 11) is 0. The maximum atomic E-state index is 10.5. The van der Waals surface area contributed by atoms with Crippen LogP contribution in [0.4, 0.5) is 0 Å². The summed E-state index contributed by atoms with van der Waals surface area (Å²) >= 11 is 0. The van der Waals surface area contributed by atoms with Crippen LogP contribution in [-0.2, 0) is 4.79 Å². The molecule has 1 aromatic carbocycles. The molecule has 0 unspecified atom stereocenters. The molecule has 0 bridgehead atoms. The Hall–Kier alpha value is -1.55. The third-order valence-corrected chi connectivity index (χ3v) is 1.86. The number of phenolic OH excluding ortho intramolecular Hbond substituents is 1. The van der Waals surface area contributed by atoms with Crippen LogP contribution in [0.5, 0.6) is 5.75 Å². The summed E-state index contributed by atoms with van der Waals surface area (Å²) in [4.78, 5) is 10.5. The van der Waals surface area contributed by atoms with E-state index in [0.29, 0.717) is 11.1 Å². The lowest BCUT2D eigenvalue weighted by Gasteiger charge is -2.07. The van der Waals surface area contributed by atoms with E-state index in [0.717, 1.165) is 0 Å². The van der Waals surface area contributed by atoms with Crippen LogP contribution in [0.3, 0.4) is 0 Å². The number of nitrogens with two attached hydrogens (primary N) is 1. The van der Waals surface area contributed by atoms with E-state index in [4.69, 9.17) is 10.8 Å². The fourth-order valence-corrected chi connectivity index (χ4v) is 0.962. The van der Waals surface area contributed by atoms with Gasteiger partial charge in [0.05, 0.1) is 0 Å². The van der Waals surface area contributed by atoms with Crippen molar-refractivity contribution in [3.8, 4) is 5.75 Å². The first-order valence-electron chi connectivity index (χ1n) is 3.80. The van der Waals surface area contributed by atoms with Crippen molar-refractivity contribution < 1.29 is 15.0 Å². The van der Waals surface area contributed by atoms with Gasteiger partial charge in [0, 0.05) is 0 Å². The van der Waals surface area contributed by atoms with Crippen molar-refractivity contribution in [3.05, 3.63) is 29.3 Å². The summed E-state index contributed by atoms with van der Waals surface area (Å²) in [5.74, 6) is -1.04. The van der Waals surface area contributed by atoms with Crippen molar-refractivity contribution in [1.29, 1.82) is 0 Å². The van der Waals surface area contributed by atoms with Gasteiger partial charge in [-0.05, 0) is 24.1 Å². The van der Waals surface area contributed by atoms with Gasteiger partial charge in [0.15, 0.2) is 0 Å². The Morgan fingerprint density at radius 2 is 2.15 bits per heavy atom. The maximum absolute atomic E-state index is 10.5. The van der Waals surface area contributed by atoms with Crippen LogP contribution in [0.1, 0.15) is 17.2 Å². The number of hydrogen-bond acceptors (Lipinski definition) is 3. The SMILES string of the molecule is Cc1ccc([C@H](N)C(=O)O)cc1O. The lowest BCUT2D eigenvalue weighted by Crippen LogP contribution is -2.20. The molecule has 1 aromatic rings. The molecule has 13 heavy (non-hydrogen) atoms. The third kappa shape index (κ3) is 1.97. The molecule has 0 aliphatic heterocycles. The molecule has 0 aromatic heterocycles. The highest BCUT2D eigenvalue weighted by atomic mass is 16.4. The Kier molecular flexibility index (Phi) is 2.53. The Morgan fingerprint density at radius 1 is 1.54 bits per heavy atom. The van der Waals surface area contributed by atoms with Crippen LogP contribution in [0.25, 0.3) is 0 Å². The minimum absolute atomic E-state index is 0.0641. The van der Waals surface area contributed by atoms with E-state index in [1.54, 1.807) is 19.1 Å². The van der Waals surface area contributed by atoms with Gasteiger partial charge in [0.1, 0.15) is 11.8 Å². The van der Waals surface area contributed by atoms with Gasteiger partial charge in [0.25, 0.3) is 0 Å². The van der Waals surface area contributed by atoms with Crippen molar-refractivity contribution in [2.45, 2.75) is 13.0 Å². The number of aliphatic carboxylic acids is 1. The molecule has 0 aliphatic carbocycles. The van der Waals surface area contributed by atoms with Gasteiger partial charge in [0.2, 0.25) is 0 Å². The van der Waals surface area contributed by atoms with Crippen LogP contribution >= 0.6 is 0 Å². The molecule has 1 atom stereocenters. The topological polar surface area (TPSA) is 83.6 Å². The Balaban J connectivity index is 3.03. The largest absolute Gasteiger partial charge is 0.508 e. The van der Waals surface area contributed by atoms with Gasteiger partial charge in [-0.25, -0.2) is 0 Å². The first-order chi connectivity index (χ1) is 6.02. The number of phenols is 1. The predicted molar refractivity (Wildman–Crippen MR) is 47.4 cm³/mol. The van der Waals surface area contributed by atoms with Crippen LogP contribution in [-0.4, -0.2) is 16.2 Å². The third-order valence-electron chi connectivity index (χ3n) is 1.86. The highest BCUT2D eigenvalue weighted by Crippen LogP contribution is 2.20. The van der Waals surface area contributed by atoms with E-state index in [1.807, 2.05) is 0 Å². The van der Waals surface area contributed by atoms with Gasteiger partial charge < -0.3 is 15.9 Å².